The lowest BCUT2D eigenvalue weighted by molar-refractivity contribution is 0.408. The SMILES string of the molecule is Clc1cnc(Oc2ncc(Cl)c(-c3ccccc3)n2)nc1-c1ccccc1. The fourth-order valence-corrected chi connectivity index (χ4v) is 2.88. The second-order valence-corrected chi connectivity index (χ2v) is 6.35. The van der Waals surface area contributed by atoms with Gasteiger partial charge >= 0.3 is 12.0 Å². The van der Waals surface area contributed by atoms with Crippen molar-refractivity contribution in [2.24, 2.45) is 0 Å². The molecule has 0 spiro atoms. The van der Waals surface area contributed by atoms with Crippen LogP contribution in [0, 0.1) is 0 Å². The molecule has 0 saturated heterocycles. The van der Waals surface area contributed by atoms with E-state index in [9.17, 15) is 0 Å². The quantitative estimate of drug-likeness (QED) is 0.444. The van der Waals surface area contributed by atoms with Crippen molar-refractivity contribution in [3.05, 3.63) is 83.1 Å². The van der Waals surface area contributed by atoms with Crippen molar-refractivity contribution in [2.75, 3.05) is 0 Å². The molecule has 0 aliphatic rings. The maximum atomic E-state index is 6.23. The Bertz CT molecular complexity index is 989. The summed E-state index contributed by atoms with van der Waals surface area (Å²) >= 11 is 12.5. The van der Waals surface area contributed by atoms with E-state index >= 15 is 0 Å². The molecule has 2 heterocycles. The number of benzene rings is 2. The van der Waals surface area contributed by atoms with Crippen LogP contribution in [0.4, 0.5) is 0 Å². The van der Waals surface area contributed by atoms with E-state index in [1.165, 1.54) is 12.4 Å². The van der Waals surface area contributed by atoms with E-state index in [1.807, 2.05) is 60.7 Å². The van der Waals surface area contributed by atoms with Gasteiger partial charge in [0, 0.05) is 11.1 Å². The Morgan fingerprint density at radius 2 is 1.00 bits per heavy atom. The second-order valence-electron chi connectivity index (χ2n) is 5.53. The molecule has 0 aliphatic heterocycles. The van der Waals surface area contributed by atoms with Crippen molar-refractivity contribution in [1.29, 1.82) is 0 Å². The second kappa shape index (κ2) is 7.70. The number of nitrogens with zero attached hydrogens (tertiary/aromatic N) is 4. The van der Waals surface area contributed by atoms with Crippen LogP contribution in [-0.2, 0) is 0 Å². The molecule has 0 saturated carbocycles. The predicted octanol–water partition coefficient (Wildman–Crippen LogP) is 5.70. The molecule has 4 aromatic rings. The van der Waals surface area contributed by atoms with E-state index in [2.05, 4.69) is 19.9 Å². The van der Waals surface area contributed by atoms with Crippen molar-refractivity contribution in [3.8, 4) is 34.5 Å². The smallest absolute Gasteiger partial charge is 0.325 e. The lowest BCUT2D eigenvalue weighted by atomic mass is 10.1. The Labute approximate surface area is 165 Å². The van der Waals surface area contributed by atoms with Crippen LogP contribution in [0.2, 0.25) is 10.0 Å². The Balaban J connectivity index is 1.67. The number of rotatable bonds is 4. The molecule has 0 amide bonds. The van der Waals surface area contributed by atoms with Gasteiger partial charge in [0.1, 0.15) is 0 Å². The maximum absolute atomic E-state index is 6.23. The zero-order valence-corrected chi connectivity index (χ0v) is 15.4. The van der Waals surface area contributed by atoms with Gasteiger partial charge in [0.25, 0.3) is 0 Å². The third-order valence-electron chi connectivity index (χ3n) is 3.72. The largest absolute Gasteiger partial charge is 0.388 e. The number of aromatic nitrogens is 4. The van der Waals surface area contributed by atoms with Gasteiger partial charge in [-0.3, -0.25) is 0 Å². The fourth-order valence-electron chi connectivity index (χ4n) is 2.48. The molecule has 0 bridgehead atoms. The first-order valence-electron chi connectivity index (χ1n) is 8.04. The highest BCUT2D eigenvalue weighted by Crippen LogP contribution is 2.29. The Morgan fingerprint density at radius 1 is 0.593 bits per heavy atom. The van der Waals surface area contributed by atoms with Crippen LogP contribution in [0.15, 0.2) is 73.1 Å². The zero-order valence-electron chi connectivity index (χ0n) is 13.9. The molecule has 0 atom stereocenters. The van der Waals surface area contributed by atoms with E-state index in [0.29, 0.717) is 21.4 Å². The summed E-state index contributed by atoms with van der Waals surface area (Å²) in [4.78, 5) is 17.0. The maximum Gasteiger partial charge on any atom is 0.325 e. The van der Waals surface area contributed by atoms with E-state index in [-0.39, 0.29) is 12.0 Å². The Morgan fingerprint density at radius 3 is 1.41 bits per heavy atom. The summed E-state index contributed by atoms with van der Waals surface area (Å²) in [6.07, 6.45) is 2.97. The van der Waals surface area contributed by atoms with Gasteiger partial charge in [0.2, 0.25) is 0 Å². The number of hydrogen-bond acceptors (Lipinski definition) is 5. The van der Waals surface area contributed by atoms with Crippen molar-refractivity contribution in [2.45, 2.75) is 0 Å². The van der Waals surface area contributed by atoms with Crippen molar-refractivity contribution in [1.82, 2.24) is 19.9 Å². The van der Waals surface area contributed by atoms with Crippen molar-refractivity contribution >= 4 is 23.2 Å². The summed E-state index contributed by atoms with van der Waals surface area (Å²) in [7, 11) is 0. The van der Waals surface area contributed by atoms with Crippen LogP contribution in [0.5, 0.6) is 12.0 Å². The highest BCUT2D eigenvalue weighted by atomic mass is 35.5. The van der Waals surface area contributed by atoms with Gasteiger partial charge in [-0.1, -0.05) is 83.9 Å². The molecule has 0 N–H and O–H groups in total. The van der Waals surface area contributed by atoms with E-state index in [0.717, 1.165) is 11.1 Å². The molecule has 0 unspecified atom stereocenters. The number of hydrogen-bond donors (Lipinski definition) is 0. The molecule has 2 aromatic heterocycles. The van der Waals surface area contributed by atoms with Crippen LogP contribution in [0.1, 0.15) is 0 Å². The van der Waals surface area contributed by atoms with E-state index in [4.69, 9.17) is 27.9 Å². The van der Waals surface area contributed by atoms with Gasteiger partial charge in [0.15, 0.2) is 0 Å². The molecule has 0 radical (unpaired) electrons. The first kappa shape index (κ1) is 17.4. The minimum absolute atomic E-state index is 0.0968. The summed E-state index contributed by atoms with van der Waals surface area (Å²) in [5, 5.41) is 0.853. The van der Waals surface area contributed by atoms with Gasteiger partial charge in [0.05, 0.1) is 33.8 Å². The highest BCUT2D eigenvalue weighted by molar-refractivity contribution is 6.33. The molecule has 132 valence electrons. The molecule has 4 rings (SSSR count). The molecule has 27 heavy (non-hydrogen) atoms. The van der Waals surface area contributed by atoms with Crippen molar-refractivity contribution < 1.29 is 4.74 Å². The van der Waals surface area contributed by atoms with Crippen LogP contribution in [-0.4, -0.2) is 19.9 Å². The molecule has 2 aromatic carbocycles. The highest BCUT2D eigenvalue weighted by Gasteiger charge is 2.13. The first-order chi connectivity index (χ1) is 13.2. The molecule has 5 nitrogen and oxygen atoms in total. The predicted molar refractivity (Wildman–Crippen MR) is 105 cm³/mol. The number of ether oxygens (including phenoxy) is 1. The standard InChI is InChI=1S/C20H12Cl2N4O/c21-15-11-23-19(25-17(15)13-7-3-1-4-8-13)27-20-24-12-16(22)18(26-20)14-9-5-2-6-10-14/h1-12H. The topological polar surface area (TPSA) is 60.8 Å². The van der Waals surface area contributed by atoms with Crippen LogP contribution < -0.4 is 4.74 Å². The first-order valence-corrected chi connectivity index (χ1v) is 8.80. The van der Waals surface area contributed by atoms with Gasteiger partial charge in [-0.2, -0.15) is 9.97 Å². The summed E-state index contributed by atoms with van der Waals surface area (Å²) in [6, 6.07) is 19.3. The molecule has 0 aliphatic carbocycles. The fraction of sp³-hybridized carbons (Fsp3) is 0. The van der Waals surface area contributed by atoms with E-state index in [1.54, 1.807) is 0 Å². The van der Waals surface area contributed by atoms with Gasteiger partial charge in [-0.25, -0.2) is 9.97 Å². The van der Waals surface area contributed by atoms with Crippen LogP contribution in [0.3, 0.4) is 0 Å². The molecular weight excluding hydrogens is 383 g/mol. The van der Waals surface area contributed by atoms with Gasteiger partial charge in [-0.15, -0.1) is 0 Å². The minimum Gasteiger partial charge on any atom is -0.388 e. The Kier molecular flexibility index (Phi) is 4.96. The van der Waals surface area contributed by atoms with Crippen LogP contribution in [0.25, 0.3) is 22.5 Å². The molecule has 7 heteroatoms. The van der Waals surface area contributed by atoms with Crippen molar-refractivity contribution in [3.63, 3.8) is 0 Å². The summed E-state index contributed by atoms with van der Waals surface area (Å²) in [5.41, 5.74) is 2.85. The van der Waals surface area contributed by atoms with Gasteiger partial charge in [-0.05, 0) is 0 Å². The van der Waals surface area contributed by atoms with E-state index < -0.39 is 0 Å². The average molecular weight is 395 g/mol. The summed E-state index contributed by atoms with van der Waals surface area (Å²) in [5.74, 6) is 0. The molecular formula is C20H12Cl2N4O. The summed E-state index contributed by atoms with van der Waals surface area (Å²) < 4.78 is 5.65. The summed E-state index contributed by atoms with van der Waals surface area (Å²) in [6.45, 7) is 0. The lowest BCUT2D eigenvalue weighted by Crippen LogP contribution is -1.99. The number of halogens is 2. The minimum atomic E-state index is 0.0968. The lowest BCUT2D eigenvalue weighted by Gasteiger charge is -2.08. The third-order valence-corrected chi connectivity index (χ3v) is 4.27. The van der Waals surface area contributed by atoms with Gasteiger partial charge < -0.3 is 4.74 Å². The normalized spacial score (nSPS) is 10.6. The van der Waals surface area contributed by atoms with Crippen LogP contribution >= 0.6 is 23.2 Å². The molecule has 0 fully saturated rings. The average Bonchev–Trinajstić information content (AvgIpc) is 2.72. The monoisotopic (exact) mass is 394 g/mol. The Hall–Kier alpha value is -3.02. The zero-order chi connectivity index (χ0) is 18.6. The third kappa shape index (κ3) is 3.89.